The van der Waals surface area contributed by atoms with Gasteiger partial charge in [-0.25, -0.2) is 13.2 Å². The molecule has 0 saturated heterocycles. The number of nitrogens with one attached hydrogen (secondary N) is 2. The van der Waals surface area contributed by atoms with Gasteiger partial charge in [0.05, 0.1) is 18.6 Å². The van der Waals surface area contributed by atoms with Crippen molar-refractivity contribution in [3.8, 4) is 16.9 Å². The molecule has 32 heavy (non-hydrogen) atoms. The number of ether oxygens (including phenoxy) is 1. The summed E-state index contributed by atoms with van der Waals surface area (Å²) in [5, 5.41) is 12.6. The molecule has 0 fully saturated rings. The van der Waals surface area contributed by atoms with Gasteiger partial charge in [0.1, 0.15) is 5.75 Å². The second kappa shape index (κ2) is 10.5. The van der Waals surface area contributed by atoms with E-state index in [1.807, 2.05) is 36.4 Å². The van der Waals surface area contributed by atoms with Gasteiger partial charge in [-0.1, -0.05) is 48.0 Å². The third-order valence-corrected chi connectivity index (χ3v) is 5.40. The lowest BCUT2D eigenvalue weighted by Crippen LogP contribution is -2.29. The lowest BCUT2D eigenvalue weighted by molar-refractivity contribution is 0.200. The number of halogens is 1. The fraction of sp³-hybridized carbons (Fsp3) is 0.174. The van der Waals surface area contributed by atoms with Crippen LogP contribution in [-0.4, -0.2) is 32.4 Å². The standard InChI is InChI=1S/C23H23ClN2O5S/c1-32(29,30)26-22-14-16(15-27)2-3-19(22)12-13-25-23(28)31-21-10-6-18(7-11-21)17-4-8-20(24)9-5-17/h2-11,14,26-27H,12-13,15H2,1H3,(H,25,28). The molecule has 1 amide bonds. The van der Waals surface area contributed by atoms with E-state index in [-0.39, 0.29) is 13.2 Å². The molecule has 0 unspecified atom stereocenters. The number of anilines is 1. The zero-order valence-electron chi connectivity index (χ0n) is 17.3. The lowest BCUT2D eigenvalue weighted by atomic mass is 10.1. The smallest absolute Gasteiger partial charge is 0.410 e. The van der Waals surface area contributed by atoms with Crippen LogP contribution in [0, 0.1) is 0 Å². The molecule has 0 atom stereocenters. The van der Waals surface area contributed by atoms with Crippen LogP contribution in [0.1, 0.15) is 11.1 Å². The highest BCUT2D eigenvalue weighted by molar-refractivity contribution is 7.92. The molecule has 168 valence electrons. The number of carbonyl (C=O) groups excluding carboxylic acids is 1. The molecule has 9 heteroatoms. The molecule has 0 aliphatic carbocycles. The number of amides is 1. The number of sulfonamides is 1. The van der Waals surface area contributed by atoms with Crippen molar-refractivity contribution >= 4 is 33.4 Å². The highest BCUT2D eigenvalue weighted by atomic mass is 35.5. The maximum Gasteiger partial charge on any atom is 0.412 e. The Labute approximate surface area is 192 Å². The first-order chi connectivity index (χ1) is 15.2. The molecular formula is C23H23ClN2O5S. The Morgan fingerprint density at radius 2 is 1.62 bits per heavy atom. The van der Waals surface area contributed by atoms with Crippen LogP contribution in [0.2, 0.25) is 5.02 Å². The molecule has 0 bridgehead atoms. The van der Waals surface area contributed by atoms with Crippen LogP contribution in [0.15, 0.2) is 66.7 Å². The first-order valence-corrected chi connectivity index (χ1v) is 12.0. The molecule has 7 nitrogen and oxygen atoms in total. The van der Waals surface area contributed by atoms with E-state index >= 15 is 0 Å². The Morgan fingerprint density at radius 1 is 1.00 bits per heavy atom. The maximum atomic E-state index is 12.1. The van der Waals surface area contributed by atoms with Crippen molar-refractivity contribution in [1.29, 1.82) is 0 Å². The van der Waals surface area contributed by atoms with E-state index in [1.54, 1.807) is 30.3 Å². The maximum absolute atomic E-state index is 12.1. The van der Waals surface area contributed by atoms with E-state index in [2.05, 4.69) is 10.0 Å². The average molecular weight is 475 g/mol. The van der Waals surface area contributed by atoms with Crippen molar-refractivity contribution in [3.05, 3.63) is 82.9 Å². The fourth-order valence-electron chi connectivity index (χ4n) is 3.03. The molecular weight excluding hydrogens is 452 g/mol. The van der Waals surface area contributed by atoms with E-state index in [0.717, 1.165) is 17.4 Å². The Hall–Kier alpha value is -3.07. The summed E-state index contributed by atoms with van der Waals surface area (Å²) in [6.45, 7) is 0.0265. The zero-order chi connectivity index (χ0) is 23.1. The van der Waals surface area contributed by atoms with Gasteiger partial charge in [0, 0.05) is 11.6 Å². The molecule has 0 saturated carbocycles. The van der Waals surface area contributed by atoms with Crippen LogP contribution in [0.4, 0.5) is 10.5 Å². The minimum absolute atomic E-state index is 0.208. The van der Waals surface area contributed by atoms with Crippen LogP contribution in [0.25, 0.3) is 11.1 Å². The minimum atomic E-state index is -3.48. The van der Waals surface area contributed by atoms with Gasteiger partial charge in [-0.15, -0.1) is 0 Å². The van der Waals surface area contributed by atoms with Crippen molar-refractivity contribution < 1.29 is 23.1 Å². The molecule has 3 N–H and O–H groups in total. The minimum Gasteiger partial charge on any atom is -0.410 e. The molecule has 3 aromatic carbocycles. The Bertz CT molecular complexity index is 1180. The predicted octanol–water partition coefficient (Wildman–Crippen LogP) is 4.20. The molecule has 3 aromatic rings. The summed E-state index contributed by atoms with van der Waals surface area (Å²) in [6, 6.07) is 19.5. The fourth-order valence-corrected chi connectivity index (χ4v) is 3.75. The second-order valence-electron chi connectivity index (χ2n) is 7.12. The van der Waals surface area contributed by atoms with Gasteiger partial charge in [0.15, 0.2) is 0 Å². The van der Waals surface area contributed by atoms with Crippen LogP contribution < -0.4 is 14.8 Å². The molecule has 0 aliphatic heterocycles. The number of benzene rings is 3. The number of rotatable bonds is 8. The SMILES string of the molecule is CS(=O)(=O)Nc1cc(CO)ccc1CCNC(=O)Oc1ccc(-c2ccc(Cl)cc2)cc1. The van der Waals surface area contributed by atoms with Crippen LogP contribution >= 0.6 is 11.6 Å². The van der Waals surface area contributed by atoms with Gasteiger partial charge in [0.2, 0.25) is 10.0 Å². The van der Waals surface area contributed by atoms with Crippen LogP contribution in [0.5, 0.6) is 5.75 Å². The van der Waals surface area contributed by atoms with Gasteiger partial charge < -0.3 is 15.2 Å². The van der Waals surface area contributed by atoms with Gasteiger partial charge in [-0.3, -0.25) is 4.72 Å². The average Bonchev–Trinajstić information content (AvgIpc) is 2.75. The third kappa shape index (κ3) is 6.98. The van der Waals surface area contributed by atoms with Crippen molar-refractivity contribution in [1.82, 2.24) is 5.32 Å². The monoisotopic (exact) mass is 474 g/mol. The summed E-state index contributed by atoms with van der Waals surface area (Å²) >= 11 is 5.91. The lowest BCUT2D eigenvalue weighted by Gasteiger charge is -2.13. The Morgan fingerprint density at radius 3 is 2.22 bits per heavy atom. The topological polar surface area (TPSA) is 105 Å². The number of carbonyl (C=O) groups is 1. The van der Waals surface area contributed by atoms with Gasteiger partial charge in [-0.05, 0) is 59.0 Å². The van der Waals surface area contributed by atoms with E-state index in [1.165, 1.54) is 0 Å². The van der Waals surface area contributed by atoms with E-state index in [0.29, 0.717) is 34.0 Å². The van der Waals surface area contributed by atoms with Gasteiger partial charge >= 0.3 is 6.09 Å². The quantitative estimate of drug-likeness (QED) is 0.453. The molecule has 0 spiro atoms. The third-order valence-electron chi connectivity index (χ3n) is 4.56. The van der Waals surface area contributed by atoms with E-state index < -0.39 is 16.1 Å². The summed E-state index contributed by atoms with van der Waals surface area (Å²) in [7, 11) is -3.48. The van der Waals surface area contributed by atoms with Crippen molar-refractivity contribution in [2.45, 2.75) is 13.0 Å². The largest absolute Gasteiger partial charge is 0.412 e. The Balaban J connectivity index is 1.56. The zero-order valence-corrected chi connectivity index (χ0v) is 18.9. The molecule has 0 aliphatic rings. The number of aliphatic hydroxyl groups is 1. The second-order valence-corrected chi connectivity index (χ2v) is 9.31. The number of hydrogen-bond acceptors (Lipinski definition) is 5. The normalized spacial score (nSPS) is 11.1. The van der Waals surface area contributed by atoms with Crippen LogP contribution in [-0.2, 0) is 23.1 Å². The van der Waals surface area contributed by atoms with Crippen molar-refractivity contribution in [2.24, 2.45) is 0 Å². The van der Waals surface area contributed by atoms with Crippen molar-refractivity contribution in [3.63, 3.8) is 0 Å². The van der Waals surface area contributed by atoms with Gasteiger partial charge in [-0.2, -0.15) is 0 Å². The summed E-state index contributed by atoms with van der Waals surface area (Å²) < 4.78 is 30.9. The van der Waals surface area contributed by atoms with E-state index in [4.69, 9.17) is 16.3 Å². The van der Waals surface area contributed by atoms with Crippen molar-refractivity contribution in [2.75, 3.05) is 17.5 Å². The summed E-state index contributed by atoms with van der Waals surface area (Å²) in [5.74, 6) is 0.395. The highest BCUT2D eigenvalue weighted by Crippen LogP contribution is 2.24. The molecule has 0 radical (unpaired) electrons. The number of aliphatic hydroxyl groups excluding tert-OH is 1. The summed E-state index contributed by atoms with van der Waals surface area (Å²) in [4.78, 5) is 12.1. The predicted molar refractivity (Wildman–Crippen MR) is 125 cm³/mol. The molecule has 0 heterocycles. The highest BCUT2D eigenvalue weighted by Gasteiger charge is 2.10. The molecule has 0 aromatic heterocycles. The number of hydrogen-bond donors (Lipinski definition) is 3. The first kappa shape index (κ1) is 23.6. The van der Waals surface area contributed by atoms with E-state index in [9.17, 15) is 18.3 Å². The summed E-state index contributed by atoms with van der Waals surface area (Å²) in [6.07, 6.45) is 0.804. The molecule has 3 rings (SSSR count). The first-order valence-electron chi connectivity index (χ1n) is 9.75. The van der Waals surface area contributed by atoms with Crippen LogP contribution in [0.3, 0.4) is 0 Å². The Kier molecular flexibility index (Phi) is 7.74. The van der Waals surface area contributed by atoms with Gasteiger partial charge in [0.25, 0.3) is 0 Å². The summed E-state index contributed by atoms with van der Waals surface area (Å²) in [5.41, 5.74) is 3.59.